The van der Waals surface area contributed by atoms with E-state index in [0.717, 1.165) is 17.0 Å². The highest BCUT2D eigenvalue weighted by Crippen LogP contribution is 2.27. The van der Waals surface area contributed by atoms with E-state index in [0.29, 0.717) is 19.6 Å². The standard InChI is InChI=1S/C14H23N3O4S/c1-5-21-14(18)16(4)8-13-10(2)15-17(11(13)3)12-6-7-22(19,20)9-12/h12H,5-9H2,1-4H3. The average molecular weight is 329 g/mol. The highest BCUT2D eigenvalue weighted by atomic mass is 32.2. The zero-order valence-electron chi connectivity index (χ0n) is 13.5. The maximum absolute atomic E-state index is 11.7. The zero-order chi connectivity index (χ0) is 16.5. The summed E-state index contributed by atoms with van der Waals surface area (Å²) in [7, 11) is -1.28. The molecule has 1 atom stereocenters. The second-order valence-corrected chi connectivity index (χ2v) is 7.93. The number of hydrogen-bond donors (Lipinski definition) is 0. The first-order valence-corrected chi connectivity index (χ1v) is 9.20. The number of carbonyl (C=O) groups excluding carboxylic acids is 1. The number of amides is 1. The third-order valence-electron chi connectivity index (χ3n) is 4.00. The van der Waals surface area contributed by atoms with E-state index < -0.39 is 9.84 Å². The molecule has 1 aliphatic rings. The van der Waals surface area contributed by atoms with Crippen molar-refractivity contribution in [2.45, 2.75) is 39.8 Å². The van der Waals surface area contributed by atoms with Gasteiger partial charge in [-0.1, -0.05) is 0 Å². The first kappa shape index (κ1) is 16.8. The van der Waals surface area contributed by atoms with Crippen LogP contribution in [0.2, 0.25) is 0 Å². The minimum atomic E-state index is -2.95. The minimum Gasteiger partial charge on any atom is -0.450 e. The molecule has 0 bridgehead atoms. The molecule has 8 heteroatoms. The summed E-state index contributed by atoms with van der Waals surface area (Å²) in [6.45, 7) is 6.29. The van der Waals surface area contributed by atoms with Crippen LogP contribution < -0.4 is 0 Å². The van der Waals surface area contributed by atoms with Crippen molar-refractivity contribution >= 4 is 15.9 Å². The summed E-state index contributed by atoms with van der Waals surface area (Å²) in [5.41, 5.74) is 2.67. The van der Waals surface area contributed by atoms with Crippen LogP contribution in [0.1, 0.15) is 36.3 Å². The van der Waals surface area contributed by atoms with E-state index >= 15 is 0 Å². The van der Waals surface area contributed by atoms with Gasteiger partial charge in [0.05, 0.1) is 36.4 Å². The Balaban J connectivity index is 2.19. The molecule has 0 aliphatic carbocycles. The molecule has 2 rings (SSSR count). The van der Waals surface area contributed by atoms with Crippen molar-refractivity contribution in [3.63, 3.8) is 0 Å². The van der Waals surface area contributed by atoms with Crippen LogP contribution in [0.25, 0.3) is 0 Å². The molecule has 1 saturated heterocycles. The van der Waals surface area contributed by atoms with Gasteiger partial charge in [0.15, 0.2) is 9.84 Å². The Morgan fingerprint density at radius 1 is 1.45 bits per heavy atom. The number of aryl methyl sites for hydroxylation is 1. The molecule has 1 fully saturated rings. The van der Waals surface area contributed by atoms with Gasteiger partial charge in [-0.3, -0.25) is 4.68 Å². The molecule has 1 aromatic rings. The summed E-state index contributed by atoms with van der Waals surface area (Å²) in [6, 6.07) is -0.106. The summed E-state index contributed by atoms with van der Waals surface area (Å²) in [6.07, 6.45) is 0.217. The predicted octanol–water partition coefficient (Wildman–Crippen LogP) is 1.45. The normalized spacial score (nSPS) is 20.1. The maximum atomic E-state index is 11.7. The molecular weight excluding hydrogens is 306 g/mol. The SMILES string of the molecule is CCOC(=O)N(C)Cc1c(C)nn(C2CCS(=O)(=O)C2)c1C. The van der Waals surface area contributed by atoms with Gasteiger partial charge in [-0.15, -0.1) is 0 Å². The number of rotatable bonds is 4. The van der Waals surface area contributed by atoms with Crippen LogP contribution in [-0.2, 0) is 21.1 Å². The van der Waals surface area contributed by atoms with Gasteiger partial charge in [0.2, 0.25) is 0 Å². The smallest absolute Gasteiger partial charge is 0.409 e. The van der Waals surface area contributed by atoms with E-state index in [1.807, 2.05) is 13.8 Å². The number of sulfone groups is 1. The number of hydrogen-bond acceptors (Lipinski definition) is 5. The summed E-state index contributed by atoms with van der Waals surface area (Å²) in [5, 5.41) is 4.49. The van der Waals surface area contributed by atoms with Gasteiger partial charge >= 0.3 is 6.09 Å². The lowest BCUT2D eigenvalue weighted by Gasteiger charge is -2.17. The van der Waals surface area contributed by atoms with Crippen LogP contribution in [0.4, 0.5) is 4.79 Å². The molecule has 1 aliphatic heterocycles. The van der Waals surface area contributed by atoms with Gasteiger partial charge in [0, 0.05) is 18.3 Å². The average Bonchev–Trinajstić information content (AvgIpc) is 2.92. The Bertz CT molecular complexity index is 666. The van der Waals surface area contributed by atoms with Crippen LogP contribution in [0.3, 0.4) is 0 Å². The molecule has 1 aromatic heterocycles. The largest absolute Gasteiger partial charge is 0.450 e. The highest BCUT2D eigenvalue weighted by molar-refractivity contribution is 7.91. The van der Waals surface area contributed by atoms with Crippen LogP contribution in [0.5, 0.6) is 0 Å². The molecule has 2 heterocycles. The van der Waals surface area contributed by atoms with Crippen LogP contribution in [0, 0.1) is 13.8 Å². The fourth-order valence-corrected chi connectivity index (χ4v) is 4.48. The monoisotopic (exact) mass is 329 g/mol. The molecule has 0 aromatic carbocycles. The van der Waals surface area contributed by atoms with Crippen molar-refractivity contribution in [2.24, 2.45) is 0 Å². The third-order valence-corrected chi connectivity index (χ3v) is 5.75. The van der Waals surface area contributed by atoms with Gasteiger partial charge in [0.1, 0.15) is 0 Å². The number of aromatic nitrogens is 2. The van der Waals surface area contributed by atoms with Gasteiger partial charge in [0.25, 0.3) is 0 Å². The maximum Gasteiger partial charge on any atom is 0.409 e. The summed E-state index contributed by atoms with van der Waals surface area (Å²) in [5.74, 6) is 0.357. The Labute approximate surface area is 131 Å². The Kier molecular flexibility index (Phi) is 4.79. The topological polar surface area (TPSA) is 81.5 Å². The molecule has 7 nitrogen and oxygen atoms in total. The molecule has 0 N–H and O–H groups in total. The Morgan fingerprint density at radius 3 is 2.68 bits per heavy atom. The number of carbonyl (C=O) groups is 1. The molecular formula is C14H23N3O4S. The lowest BCUT2D eigenvalue weighted by Crippen LogP contribution is -2.27. The predicted molar refractivity (Wildman–Crippen MR) is 82.5 cm³/mol. The Hall–Kier alpha value is -1.57. The second-order valence-electron chi connectivity index (χ2n) is 5.71. The highest BCUT2D eigenvalue weighted by Gasteiger charge is 2.31. The summed E-state index contributed by atoms with van der Waals surface area (Å²) >= 11 is 0. The molecule has 0 radical (unpaired) electrons. The molecule has 1 unspecified atom stereocenters. The van der Waals surface area contributed by atoms with Gasteiger partial charge < -0.3 is 9.64 Å². The molecule has 1 amide bonds. The third kappa shape index (κ3) is 3.43. The Morgan fingerprint density at radius 2 is 2.14 bits per heavy atom. The van der Waals surface area contributed by atoms with Crippen molar-refractivity contribution in [1.29, 1.82) is 0 Å². The lowest BCUT2D eigenvalue weighted by molar-refractivity contribution is 0.114. The van der Waals surface area contributed by atoms with E-state index in [4.69, 9.17) is 4.74 Å². The van der Waals surface area contributed by atoms with E-state index in [9.17, 15) is 13.2 Å². The number of ether oxygens (including phenoxy) is 1. The lowest BCUT2D eigenvalue weighted by atomic mass is 10.2. The molecule has 0 spiro atoms. The molecule has 22 heavy (non-hydrogen) atoms. The van der Waals surface area contributed by atoms with E-state index in [1.54, 1.807) is 18.7 Å². The van der Waals surface area contributed by atoms with E-state index in [2.05, 4.69) is 5.10 Å². The molecule has 0 saturated carbocycles. The van der Waals surface area contributed by atoms with E-state index in [-0.39, 0.29) is 23.6 Å². The van der Waals surface area contributed by atoms with Crippen molar-refractivity contribution < 1.29 is 17.9 Å². The molecule has 124 valence electrons. The van der Waals surface area contributed by atoms with Gasteiger partial charge in [-0.05, 0) is 27.2 Å². The van der Waals surface area contributed by atoms with E-state index in [1.165, 1.54) is 4.90 Å². The summed E-state index contributed by atoms with van der Waals surface area (Å²) < 4.78 is 30.1. The van der Waals surface area contributed by atoms with Gasteiger partial charge in [-0.2, -0.15) is 5.10 Å². The van der Waals surface area contributed by atoms with Crippen LogP contribution >= 0.6 is 0 Å². The van der Waals surface area contributed by atoms with Gasteiger partial charge in [-0.25, -0.2) is 13.2 Å². The van der Waals surface area contributed by atoms with Crippen LogP contribution in [0.15, 0.2) is 0 Å². The minimum absolute atomic E-state index is 0.106. The quantitative estimate of drug-likeness (QED) is 0.835. The van der Waals surface area contributed by atoms with Crippen LogP contribution in [-0.4, -0.2) is 54.4 Å². The first-order chi connectivity index (χ1) is 10.2. The fraction of sp³-hybridized carbons (Fsp3) is 0.714. The fourth-order valence-electron chi connectivity index (χ4n) is 2.79. The van der Waals surface area contributed by atoms with Crippen molar-refractivity contribution in [3.8, 4) is 0 Å². The first-order valence-electron chi connectivity index (χ1n) is 7.38. The second kappa shape index (κ2) is 6.28. The summed E-state index contributed by atoms with van der Waals surface area (Å²) in [4.78, 5) is 13.2. The number of nitrogens with zero attached hydrogens (tertiary/aromatic N) is 3. The van der Waals surface area contributed by atoms with Crippen molar-refractivity contribution in [3.05, 3.63) is 17.0 Å². The van der Waals surface area contributed by atoms with Crippen molar-refractivity contribution in [1.82, 2.24) is 14.7 Å². The zero-order valence-corrected chi connectivity index (χ0v) is 14.3. The van der Waals surface area contributed by atoms with Crippen molar-refractivity contribution in [2.75, 3.05) is 25.2 Å².